The molecule has 0 fully saturated rings. The smallest absolute Gasteiger partial charge is 0.490 e. The van der Waals surface area contributed by atoms with E-state index in [0.29, 0.717) is 0 Å². The molecule has 0 saturated carbocycles. The summed E-state index contributed by atoms with van der Waals surface area (Å²) < 4.78 is 42.1. The number of nitrogens with one attached hydrogen (secondary N) is 1. The van der Waals surface area contributed by atoms with E-state index in [1.807, 2.05) is 36.4 Å². The normalized spacial score (nSPS) is 12.5. The van der Waals surface area contributed by atoms with E-state index >= 15 is 0 Å². The van der Waals surface area contributed by atoms with Gasteiger partial charge < -0.3 is 25.0 Å². The number of benzene rings is 2. The summed E-state index contributed by atoms with van der Waals surface area (Å²) in [6.07, 6.45) is -6.16. The fourth-order valence-corrected chi connectivity index (χ4v) is 2.41. The number of carbonyl (C=O) groups is 4. The van der Waals surface area contributed by atoms with Gasteiger partial charge in [-0.15, -0.1) is 0 Å². The Morgan fingerprint density at radius 1 is 1.00 bits per heavy atom. The van der Waals surface area contributed by atoms with Crippen LogP contribution in [0.25, 0.3) is 10.8 Å². The van der Waals surface area contributed by atoms with Gasteiger partial charge in [-0.2, -0.15) is 13.2 Å². The average molecular weight is 473 g/mol. The van der Waals surface area contributed by atoms with E-state index < -0.39 is 48.6 Å². The SMILES string of the molecule is COc1ccc2cc([C@H](C)C(=O)OC(C)C(=O)NCC(=O)O)ccc2c1.O=C(O)C(F)(F)F. The fraction of sp³-hybridized carbons (Fsp3) is 0.333. The minimum Gasteiger partial charge on any atom is -0.497 e. The van der Waals surface area contributed by atoms with Crippen LogP contribution in [-0.4, -0.2) is 60.0 Å². The lowest BCUT2D eigenvalue weighted by molar-refractivity contribution is -0.192. The molecule has 0 bridgehead atoms. The molecular weight excluding hydrogens is 451 g/mol. The summed E-state index contributed by atoms with van der Waals surface area (Å²) in [5.74, 6) is -4.96. The Hall–Kier alpha value is -3.83. The Balaban J connectivity index is 0.000000675. The van der Waals surface area contributed by atoms with Crippen LogP contribution in [0, 0.1) is 0 Å². The van der Waals surface area contributed by atoms with Crippen molar-refractivity contribution in [1.82, 2.24) is 5.32 Å². The number of hydrogen-bond donors (Lipinski definition) is 3. The second-order valence-electron chi connectivity index (χ2n) is 6.69. The van der Waals surface area contributed by atoms with Crippen LogP contribution in [0.15, 0.2) is 36.4 Å². The molecule has 0 aromatic heterocycles. The minimum atomic E-state index is -5.08. The van der Waals surface area contributed by atoms with Crippen molar-refractivity contribution in [1.29, 1.82) is 0 Å². The molecule has 1 amide bonds. The Kier molecular flexibility index (Phi) is 9.64. The Bertz CT molecular complexity index is 1020. The van der Waals surface area contributed by atoms with Crippen molar-refractivity contribution in [2.75, 3.05) is 13.7 Å². The van der Waals surface area contributed by atoms with Crippen LogP contribution in [0.4, 0.5) is 13.2 Å². The first-order chi connectivity index (χ1) is 15.3. The van der Waals surface area contributed by atoms with Gasteiger partial charge in [0.25, 0.3) is 5.91 Å². The molecule has 2 aromatic carbocycles. The zero-order valence-electron chi connectivity index (χ0n) is 17.8. The van der Waals surface area contributed by atoms with E-state index in [2.05, 4.69) is 5.32 Å². The number of aliphatic carboxylic acids is 2. The van der Waals surface area contributed by atoms with Crippen molar-refractivity contribution >= 4 is 34.6 Å². The third-order valence-electron chi connectivity index (χ3n) is 4.24. The van der Waals surface area contributed by atoms with Gasteiger partial charge in [-0.25, -0.2) is 4.79 Å². The van der Waals surface area contributed by atoms with Crippen LogP contribution in [0.5, 0.6) is 5.75 Å². The summed E-state index contributed by atoms with van der Waals surface area (Å²) in [6, 6.07) is 11.2. The third kappa shape index (κ3) is 8.67. The molecule has 9 nitrogen and oxygen atoms in total. The molecule has 0 aliphatic rings. The predicted octanol–water partition coefficient (Wildman–Crippen LogP) is 2.72. The van der Waals surface area contributed by atoms with Crippen LogP contribution in [-0.2, 0) is 23.9 Å². The number of ether oxygens (including phenoxy) is 2. The van der Waals surface area contributed by atoms with E-state index in [1.54, 1.807) is 14.0 Å². The maximum absolute atomic E-state index is 12.3. The van der Waals surface area contributed by atoms with Crippen LogP contribution >= 0.6 is 0 Å². The van der Waals surface area contributed by atoms with Crippen molar-refractivity contribution in [3.63, 3.8) is 0 Å². The summed E-state index contributed by atoms with van der Waals surface area (Å²) in [5, 5.41) is 19.8. The number of carboxylic acid groups (broad SMARTS) is 2. The number of halogens is 3. The molecule has 3 N–H and O–H groups in total. The summed E-state index contributed by atoms with van der Waals surface area (Å²) >= 11 is 0. The number of carbonyl (C=O) groups excluding carboxylic acids is 2. The first-order valence-corrected chi connectivity index (χ1v) is 9.34. The van der Waals surface area contributed by atoms with Crippen molar-refractivity contribution in [2.24, 2.45) is 0 Å². The molecule has 2 atom stereocenters. The molecule has 0 aliphatic heterocycles. The summed E-state index contributed by atoms with van der Waals surface area (Å²) in [7, 11) is 1.60. The Morgan fingerprint density at radius 3 is 2.06 bits per heavy atom. The largest absolute Gasteiger partial charge is 0.497 e. The second-order valence-corrected chi connectivity index (χ2v) is 6.69. The van der Waals surface area contributed by atoms with Crippen LogP contribution in [0.3, 0.4) is 0 Å². The first-order valence-electron chi connectivity index (χ1n) is 9.34. The lowest BCUT2D eigenvalue weighted by atomic mass is 9.98. The van der Waals surface area contributed by atoms with E-state index in [0.717, 1.165) is 22.1 Å². The molecular formula is C21H22F3NO8. The van der Waals surface area contributed by atoms with Gasteiger partial charge in [-0.05, 0) is 42.3 Å². The molecule has 2 aromatic rings. The summed E-state index contributed by atoms with van der Waals surface area (Å²) in [6.45, 7) is 2.56. The predicted molar refractivity (Wildman–Crippen MR) is 109 cm³/mol. The molecule has 12 heteroatoms. The number of esters is 1. The highest BCUT2D eigenvalue weighted by Crippen LogP contribution is 2.26. The monoisotopic (exact) mass is 473 g/mol. The Morgan fingerprint density at radius 2 is 1.55 bits per heavy atom. The van der Waals surface area contributed by atoms with Gasteiger partial charge in [0.15, 0.2) is 6.10 Å². The van der Waals surface area contributed by atoms with Crippen molar-refractivity contribution in [3.8, 4) is 5.75 Å². The van der Waals surface area contributed by atoms with Gasteiger partial charge in [0.1, 0.15) is 12.3 Å². The highest BCUT2D eigenvalue weighted by molar-refractivity contribution is 5.89. The number of fused-ring (bicyclic) bond motifs is 1. The number of carboxylic acids is 2. The van der Waals surface area contributed by atoms with Gasteiger partial charge in [0, 0.05) is 0 Å². The molecule has 0 spiro atoms. The van der Waals surface area contributed by atoms with E-state index in [-0.39, 0.29) is 0 Å². The quantitative estimate of drug-likeness (QED) is 0.522. The van der Waals surface area contributed by atoms with Gasteiger partial charge >= 0.3 is 24.1 Å². The standard InChI is InChI=1S/C19H21NO6.C2HF3O2/c1-11(19(24)26-12(2)18(23)20-10-17(21)22)13-4-5-15-9-16(25-3)7-6-14(15)8-13;3-2(4,5)1(6)7/h4-9,11-12H,10H2,1-3H3,(H,20,23)(H,21,22);(H,6,7)/t11-,12?;/m0./s1. The fourth-order valence-electron chi connectivity index (χ4n) is 2.41. The molecule has 0 heterocycles. The number of methoxy groups -OCH3 is 1. The first kappa shape index (κ1) is 27.2. The lowest BCUT2D eigenvalue weighted by Gasteiger charge is -2.17. The third-order valence-corrected chi connectivity index (χ3v) is 4.24. The molecule has 2 rings (SSSR count). The van der Waals surface area contributed by atoms with Gasteiger partial charge in [0.2, 0.25) is 0 Å². The highest BCUT2D eigenvalue weighted by Gasteiger charge is 2.38. The maximum Gasteiger partial charge on any atom is 0.490 e. The van der Waals surface area contributed by atoms with E-state index in [1.165, 1.54) is 6.92 Å². The summed E-state index contributed by atoms with van der Waals surface area (Å²) in [5.41, 5.74) is 0.755. The highest BCUT2D eigenvalue weighted by atomic mass is 19.4. The average Bonchev–Trinajstić information content (AvgIpc) is 2.75. The zero-order valence-corrected chi connectivity index (χ0v) is 17.8. The molecule has 1 unspecified atom stereocenters. The molecule has 0 radical (unpaired) electrons. The van der Waals surface area contributed by atoms with Gasteiger partial charge in [-0.3, -0.25) is 14.4 Å². The number of hydrogen-bond acceptors (Lipinski definition) is 6. The molecule has 33 heavy (non-hydrogen) atoms. The van der Waals surface area contributed by atoms with Crippen molar-refractivity contribution < 1.29 is 52.0 Å². The number of rotatable bonds is 7. The lowest BCUT2D eigenvalue weighted by Crippen LogP contribution is -2.39. The second kappa shape index (κ2) is 11.7. The van der Waals surface area contributed by atoms with E-state index in [9.17, 15) is 27.6 Å². The molecule has 0 aliphatic carbocycles. The van der Waals surface area contributed by atoms with Crippen molar-refractivity contribution in [2.45, 2.75) is 32.0 Å². The topological polar surface area (TPSA) is 139 Å². The number of amides is 1. The minimum absolute atomic E-state index is 0.523. The van der Waals surface area contributed by atoms with E-state index in [4.69, 9.17) is 24.5 Å². The molecule has 180 valence electrons. The summed E-state index contributed by atoms with van der Waals surface area (Å²) in [4.78, 5) is 43.4. The maximum atomic E-state index is 12.3. The zero-order chi connectivity index (χ0) is 25.3. The Labute approximate surface area is 186 Å². The van der Waals surface area contributed by atoms with Crippen molar-refractivity contribution in [3.05, 3.63) is 42.0 Å². The van der Waals surface area contributed by atoms with Crippen LogP contribution in [0.2, 0.25) is 0 Å². The van der Waals surface area contributed by atoms with Gasteiger partial charge in [0.05, 0.1) is 13.0 Å². The van der Waals surface area contributed by atoms with Gasteiger partial charge in [-0.1, -0.05) is 24.3 Å². The number of alkyl halides is 3. The molecule has 0 saturated heterocycles. The van der Waals surface area contributed by atoms with Crippen LogP contribution in [0.1, 0.15) is 25.3 Å². The van der Waals surface area contributed by atoms with Crippen LogP contribution < -0.4 is 10.1 Å².